The minimum absolute atomic E-state index is 0.0842. The summed E-state index contributed by atoms with van der Waals surface area (Å²) in [7, 11) is 0. The number of nitriles is 1. The van der Waals surface area contributed by atoms with Gasteiger partial charge in [-0.3, -0.25) is 18.6 Å². The average molecular weight is 489 g/mol. The van der Waals surface area contributed by atoms with Crippen molar-refractivity contribution < 1.29 is 4.79 Å². The standard InChI is InChI=1S/C26H28N6O2S/c1-4-5-12-31-24(34)21-9-6-7-10-22(21)32-25(31)28-29-26(32)35-17-23(33)30(13-8-11-27)20-15-18(2)14-19(3)16-20/h6-7,9-10,14-16H,4-5,8,12-13,17H2,1-3H3. The molecule has 0 N–H and O–H groups in total. The highest BCUT2D eigenvalue weighted by Gasteiger charge is 2.20. The van der Waals surface area contributed by atoms with Crippen LogP contribution in [0.5, 0.6) is 0 Å². The van der Waals surface area contributed by atoms with Crippen LogP contribution in [-0.4, -0.2) is 37.4 Å². The molecule has 180 valence electrons. The van der Waals surface area contributed by atoms with Crippen LogP contribution in [0.15, 0.2) is 52.4 Å². The van der Waals surface area contributed by atoms with Crippen molar-refractivity contribution in [1.82, 2.24) is 19.2 Å². The molecule has 0 bridgehead atoms. The Kier molecular flexibility index (Phi) is 7.51. The minimum Gasteiger partial charge on any atom is -0.311 e. The molecular formula is C26H28N6O2S. The highest BCUT2D eigenvalue weighted by Crippen LogP contribution is 2.24. The second-order valence-corrected chi connectivity index (χ2v) is 9.48. The predicted molar refractivity (Wildman–Crippen MR) is 139 cm³/mol. The molecule has 2 aromatic carbocycles. The van der Waals surface area contributed by atoms with E-state index in [1.54, 1.807) is 9.47 Å². The summed E-state index contributed by atoms with van der Waals surface area (Å²) < 4.78 is 3.53. The average Bonchev–Trinajstić information content (AvgIpc) is 3.26. The molecule has 1 amide bonds. The Labute approximate surface area is 208 Å². The maximum atomic E-state index is 13.3. The maximum absolute atomic E-state index is 13.3. The lowest BCUT2D eigenvalue weighted by Gasteiger charge is -2.22. The number of hydrogen-bond donors (Lipinski definition) is 0. The number of aromatic nitrogens is 4. The van der Waals surface area contributed by atoms with Crippen molar-refractivity contribution in [2.75, 3.05) is 17.2 Å². The SMILES string of the molecule is CCCCn1c(=O)c2ccccc2n2c(SCC(=O)N(CCC#N)c3cc(C)cc(C)c3)nnc12. The number of rotatable bonds is 9. The van der Waals surface area contributed by atoms with Gasteiger partial charge in [0.2, 0.25) is 11.7 Å². The number of para-hydroxylation sites is 1. The van der Waals surface area contributed by atoms with Gasteiger partial charge in [-0.1, -0.05) is 43.3 Å². The molecule has 0 aliphatic carbocycles. The number of thioether (sulfide) groups is 1. The first-order chi connectivity index (χ1) is 16.9. The number of benzene rings is 2. The van der Waals surface area contributed by atoms with E-state index in [0.717, 1.165) is 35.2 Å². The van der Waals surface area contributed by atoms with E-state index in [1.807, 2.05) is 54.6 Å². The van der Waals surface area contributed by atoms with Gasteiger partial charge in [0.15, 0.2) is 5.16 Å². The van der Waals surface area contributed by atoms with Crippen LogP contribution < -0.4 is 10.5 Å². The molecule has 2 aromatic heterocycles. The molecule has 0 spiro atoms. The van der Waals surface area contributed by atoms with Gasteiger partial charge in [0.05, 0.1) is 29.1 Å². The van der Waals surface area contributed by atoms with Crippen LogP contribution in [-0.2, 0) is 11.3 Å². The summed E-state index contributed by atoms with van der Waals surface area (Å²) in [6, 6.07) is 15.5. The van der Waals surface area contributed by atoms with E-state index in [-0.39, 0.29) is 23.6 Å². The van der Waals surface area contributed by atoms with Crippen LogP contribution in [0, 0.1) is 25.2 Å². The molecular weight excluding hydrogens is 460 g/mol. The number of fused-ring (bicyclic) bond motifs is 3. The Morgan fingerprint density at radius 1 is 1.14 bits per heavy atom. The zero-order chi connectivity index (χ0) is 24.9. The lowest BCUT2D eigenvalue weighted by molar-refractivity contribution is -0.116. The monoisotopic (exact) mass is 488 g/mol. The number of nitrogens with zero attached hydrogens (tertiary/aromatic N) is 6. The van der Waals surface area contributed by atoms with E-state index < -0.39 is 0 Å². The van der Waals surface area contributed by atoms with Crippen molar-refractivity contribution in [3.8, 4) is 6.07 Å². The predicted octanol–water partition coefficient (Wildman–Crippen LogP) is 4.50. The molecule has 0 aliphatic rings. The number of hydrogen-bond acceptors (Lipinski definition) is 6. The number of aryl methyl sites for hydroxylation is 3. The fourth-order valence-electron chi connectivity index (χ4n) is 4.22. The Morgan fingerprint density at radius 3 is 2.60 bits per heavy atom. The molecule has 9 heteroatoms. The Hall–Kier alpha value is -3.64. The van der Waals surface area contributed by atoms with Gasteiger partial charge in [0.25, 0.3) is 5.56 Å². The number of carbonyl (C=O) groups is 1. The molecule has 2 heterocycles. The molecule has 0 saturated heterocycles. The van der Waals surface area contributed by atoms with E-state index in [1.165, 1.54) is 11.8 Å². The largest absolute Gasteiger partial charge is 0.311 e. The van der Waals surface area contributed by atoms with E-state index >= 15 is 0 Å². The van der Waals surface area contributed by atoms with Crippen LogP contribution in [0.1, 0.15) is 37.3 Å². The Morgan fingerprint density at radius 2 is 1.89 bits per heavy atom. The Balaban J connectivity index is 1.69. The summed E-state index contributed by atoms with van der Waals surface area (Å²) in [5.41, 5.74) is 3.54. The first-order valence-corrected chi connectivity index (χ1v) is 12.7. The fourth-order valence-corrected chi connectivity index (χ4v) is 5.03. The highest BCUT2D eigenvalue weighted by atomic mass is 32.2. The Bertz CT molecular complexity index is 1460. The van der Waals surface area contributed by atoms with Crippen LogP contribution in [0.2, 0.25) is 0 Å². The number of unbranched alkanes of at least 4 members (excludes halogenated alkanes) is 1. The van der Waals surface area contributed by atoms with Gasteiger partial charge in [-0.05, 0) is 55.7 Å². The van der Waals surface area contributed by atoms with Crippen molar-refractivity contribution in [2.45, 2.75) is 51.7 Å². The summed E-state index contributed by atoms with van der Waals surface area (Å²) in [6.07, 6.45) is 2.05. The van der Waals surface area contributed by atoms with Gasteiger partial charge in [0, 0.05) is 18.8 Å². The normalized spacial score (nSPS) is 11.1. The molecule has 0 atom stereocenters. The van der Waals surface area contributed by atoms with E-state index in [4.69, 9.17) is 5.26 Å². The molecule has 0 aliphatic heterocycles. The minimum atomic E-state index is -0.115. The smallest absolute Gasteiger partial charge is 0.262 e. The van der Waals surface area contributed by atoms with Gasteiger partial charge in [-0.2, -0.15) is 5.26 Å². The van der Waals surface area contributed by atoms with Gasteiger partial charge in [0.1, 0.15) is 0 Å². The lowest BCUT2D eigenvalue weighted by atomic mass is 10.1. The first-order valence-electron chi connectivity index (χ1n) is 11.7. The van der Waals surface area contributed by atoms with Gasteiger partial charge >= 0.3 is 0 Å². The highest BCUT2D eigenvalue weighted by molar-refractivity contribution is 7.99. The zero-order valence-corrected chi connectivity index (χ0v) is 21.0. The number of anilines is 1. The topological polar surface area (TPSA) is 96.3 Å². The second-order valence-electron chi connectivity index (χ2n) is 8.53. The summed E-state index contributed by atoms with van der Waals surface area (Å²) in [5.74, 6) is 0.491. The fraction of sp³-hybridized carbons (Fsp3) is 0.346. The molecule has 35 heavy (non-hydrogen) atoms. The number of carbonyl (C=O) groups excluding carboxylic acids is 1. The molecule has 0 unspecified atom stereocenters. The van der Waals surface area contributed by atoms with Crippen molar-refractivity contribution in [2.24, 2.45) is 0 Å². The summed E-state index contributed by atoms with van der Waals surface area (Å²) in [5, 5.41) is 18.9. The van der Waals surface area contributed by atoms with Crippen LogP contribution in [0.4, 0.5) is 5.69 Å². The van der Waals surface area contributed by atoms with Gasteiger partial charge in [-0.25, -0.2) is 0 Å². The third-order valence-corrected chi connectivity index (χ3v) is 6.72. The quantitative estimate of drug-likeness (QED) is 0.322. The van der Waals surface area contributed by atoms with Crippen molar-refractivity contribution >= 4 is 40.0 Å². The van der Waals surface area contributed by atoms with Crippen LogP contribution in [0.25, 0.3) is 16.7 Å². The molecule has 4 aromatic rings. The van der Waals surface area contributed by atoms with E-state index in [2.05, 4.69) is 29.3 Å². The van der Waals surface area contributed by atoms with Crippen LogP contribution in [0.3, 0.4) is 0 Å². The molecule has 0 radical (unpaired) electrons. The molecule has 8 nitrogen and oxygen atoms in total. The van der Waals surface area contributed by atoms with Crippen LogP contribution >= 0.6 is 11.8 Å². The van der Waals surface area contributed by atoms with Crippen molar-refractivity contribution in [3.63, 3.8) is 0 Å². The van der Waals surface area contributed by atoms with Gasteiger partial charge in [-0.15, -0.1) is 10.2 Å². The van der Waals surface area contributed by atoms with E-state index in [9.17, 15) is 9.59 Å². The third-order valence-electron chi connectivity index (χ3n) is 5.80. The lowest BCUT2D eigenvalue weighted by Crippen LogP contribution is -2.33. The maximum Gasteiger partial charge on any atom is 0.262 e. The van der Waals surface area contributed by atoms with Crippen molar-refractivity contribution in [3.05, 3.63) is 63.9 Å². The third kappa shape index (κ3) is 5.08. The second kappa shape index (κ2) is 10.7. The molecule has 0 saturated carbocycles. The molecule has 4 rings (SSSR count). The zero-order valence-electron chi connectivity index (χ0n) is 20.2. The summed E-state index contributed by atoms with van der Waals surface area (Å²) >= 11 is 1.28. The van der Waals surface area contributed by atoms with E-state index in [0.29, 0.717) is 29.4 Å². The summed E-state index contributed by atoms with van der Waals surface area (Å²) in [4.78, 5) is 28.1. The molecule has 0 fully saturated rings. The van der Waals surface area contributed by atoms with Crippen molar-refractivity contribution in [1.29, 1.82) is 5.26 Å². The first kappa shape index (κ1) is 24.5. The summed E-state index contributed by atoms with van der Waals surface area (Å²) in [6.45, 7) is 6.93. The number of amides is 1. The van der Waals surface area contributed by atoms with Gasteiger partial charge < -0.3 is 4.90 Å².